The first kappa shape index (κ1) is 22.9. The molecule has 1 aromatic carbocycles. The number of carbonyl (C=O) groups is 1. The van der Waals surface area contributed by atoms with E-state index in [0.717, 1.165) is 19.1 Å². The molecule has 0 saturated heterocycles. The van der Waals surface area contributed by atoms with Crippen LogP contribution in [-0.4, -0.2) is 35.3 Å². The zero-order valence-electron chi connectivity index (χ0n) is 17.8. The Balaban J connectivity index is 1.95. The summed E-state index contributed by atoms with van der Waals surface area (Å²) < 4.78 is 54.3. The molecule has 0 aliphatic heterocycles. The van der Waals surface area contributed by atoms with Crippen LogP contribution in [-0.2, 0) is 15.9 Å². The van der Waals surface area contributed by atoms with Crippen molar-refractivity contribution in [3.05, 3.63) is 29.3 Å². The van der Waals surface area contributed by atoms with Crippen LogP contribution < -0.4 is 10.0 Å². The van der Waals surface area contributed by atoms with Crippen LogP contribution in [0.5, 0.6) is 0 Å². The van der Waals surface area contributed by atoms with Gasteiger partial charge in [0.25, 0.3) is 11.8 Å². The van der Waals surface area contributed by atoms with E-state index in [1.54, 1.807) is 0 Å². The third-order valence-electron chi connectivity index (χ3n) is 6.41. The maximum atomic E-state index is 13.9. The second kappa shape index (κ2) is 7.15. The van der Waals surface area contributed by atoms with Crippen molar-refractivity contribution >= 4 is 21.6 Å². The molecule has 30 heavy (non-hydrogen) atoms. The van der Waals surface area contributed by atoms with E-state index in [9.17, 15) is 27.1 Å². The van der Waals surface area contributed by atoms with E-state index in [0.29, 0.717) is 38.5 Å². The number of hydrogen-bond donors (Lipinski definition) is 3. The van der Waals surface area contributed by atoms with Crippen LogP contribution in [0.25, 0.3) is 0 Å². The van der Waals surface area contributed by atoms with E-state index in [4.69, 9.17) is 0 Å². The number of rotatable bonds is 5. The first-order chi connectivity index (χ1) is 13.6. The largest absolute Gasteiger partial charge is 0.390 e. The summed E-state index contributed by atoms with van der Waals surface area (Å²) in [5.74, 6) is -3.78. The molecular weight excluding hydrogens is 414 g/mol. The molecular formula is C21H30F2N2O4S. The number of alkyl halides is 2. The highest BCUT2D eigenvalue weighted by molar-refractivity contribution is 7.94. The third-order valence-corrected chi connectivity index (χ3v) is 8.51. The van der Waals surface area contributed by atoms with Crippen molar-refractivity contribution in [2.45, 2.75) is 88.0 Å². The summed E-state index contributed by atoms with van der Waals surface area (Å²) in [6.07, 6.45) is 3.52. The third kappa shape index (κ3) is 4.46. The molecule has 2 bridgehead atoms. The summed E-state index contributed by atoms with van der Waals surface area (Å²) in [5.41, 5.74) is -1.72. The van der Waals surface area contributed by atoms with E-state index >= 15 is 0 Å². The highest BCUT2D eigenvalue weighted by atomic mass is 32.2. The van der Waals surface area contributed by atoms with Crippen LogP contribution in [0.3, 0.4) is 0 Å². The van der Waals surface area contributed by atoms with Gasteiger partial charge in [0.2, 0.25) is 10.0 Å². The smallest absolute Gasteiger partial charge is 0.270 e. The predicted octanol–water partition coefficient (Wildman–Crippen LogP) is 3.91. The van der Waals surface area contributed by atoms with Crippen molar-refractivity contribution in [1.82, 2.24) is 5.32 Å². The lowest BCUT2D eigenvalue weighted by molar-refractivity contribution is -0.0702. The Labute approximate surface area is 176 Å². The number of sulfonamides is 1. The number of amides is 1. The van der Waals surface area contributed by atoms with Gasteiger partial charge >= 0.3 is 0 Å². The maximum Gasteiger partial charge on any atom is 0.270 e. The molecule has 0 aromatic heterocycles. The minimum atomic E-state index is -3.86. The minimum Gasteiger partial charge on any atom is -0.390 e. The van der Waals surface area contributed by atoms with Gasteiger partial charge in [0.15, 0.2) is 0 Å². The van der Waals surface area contributed by atoms with Crippen LogP contribution >= 0.6 is 0 Å². The highest BCUT2D eigenvalue weighted by Crippen LogP contribution is 2.47. The number of benzene rings is 1. The minimum absolute atomic E-state index is 0.0325. The molecule has 3 fully saturated rings. The van der Waals surface area contributed by atoms with Gasteiger partial charge in [0, 0.05) is 18.0 Å². The second-order valence-electron chi connectivity index (χ2n) is 9.83. The Morgan fingerprint density at radius 3 is 2.03 bits per heavy atom. The molecule has 0 spiro atoms. The lowest BCUT2D eigenvalue weighted by Crippen LogP contribution is -2.58. The van der Waals surface area contributed by atoms with Gasteiger partial charge in [-0.3, -0.25) is 9.52 Å². The Bertz CT molecular complexity index is 924. The normalized spacial score (nSPS) is 27.0. The molecule has 1 aromatic rings. The molecule has 6 nitrogen and oxygen atoms in total. The summed E-state index contributed by atoms with van der Waals surface area (Å²) >= 11 is 0. The number of hydrogen-bond acceptors (Lipinski definition) is 4. The van der Waals surface area contributed by atoms with E-state index in [1.807, 2.05) is 0 Å². The van der Waals surface area contributed by atoms with Gasteiger partial charge in [-0.15, -0.1) is 0 Å². The molecule has 3 aliphatic rings. The van der Waals surface area contributed by atoms with Gasteiger partial charge in [0.1, 0.15) is 0 Å². The van der Waals surface area contributed by atoms with E-state index in [1.165, 1.54) is 26.8 Å². The number of halogens is 2. The van der Waals surface area contributed by atoms with Gasteiger partial charge in [-0.2, -0.15) is 0 Å². The predicted molar refractivity (Wildman–Crippen MR) is 111 cm³/mol. The average Bonchev–Trinajstić information content (AvgIpc) is 2.61. The van der Waals surface area contributed by atoms with Crippen molar-refractivity contribution in [1.29, 1.82) is 0 Å². The Morgan fingerprint density at radius 2 is 1.57 bits per heavy atom. The molecule has 1 amide bonds. The molecule has 168 valence electrons. The van der Waals surface area contributed by atoms with Crippen molar-refractivity contribution in [3.63, 3.8) is 0 Å². The molecule has 0 radical (unpaired) electrons. The first-order valence-corrected chi connectivity index (χ1v) is 11.6. The zero-order chi connectivity index (χ0) is 22.6. The van der Waals surface area contributed by atoms with Crippen LogP contribution in [0, 0.1) is 0 Å². The van der Waals surface area contributed by atoms with Crippen molar-refractivity contribution in [2.24, 2.45) is 0 Å². The van der Waals surface area contributed by atoms with Crippen LogP contribution in [0.4, 0.5) is 14.5 Å². The standard InChI is InChI=1S/C21H30F2N2O4S/c1-18(2,3)30(28,29)25-16-6-5-14(19(4,22)23)13-15(16)17(26)24-20-7-10-21(27,11-8-20)12-9-20/h5-6,13,25,27H,7-12H2,1-4H3,(H,24,26). The van der Waals surface area contributed by atoms with Crippen LogP contribution in [0.15, 0.2) is 18.2 Å². The maximum absolute atomic E-state index is 13.9. The average molecular weight is 445 g/mol. The number of anilines is 1. The van der Waals surface area contributed by atoms with Crippen LogP contribution in [0.1, 0.15) is 82.1 Å². The lowest BCUT2D eigenvalue weighted by atomic mass is 9.63. The number of fused-ring (bicyclic) bond motifs is 3. The zero-order valence-corrected chi connectivity index (χ0v) is 18.6. The van der Waals surface area contributed by atoms with Gasteiger partial charge in [-0.05, 0) is 71.4 Å². The fourth-order valence-electron chi connectivity index (χ4n) is 4.05. The van der Waals surface area contributed by atoms with Gasteiger partial charge in [-0.25, -0.2) is 17.2 Å². The molecule has 0 heterocycles. The summed E-state index contributed by atoms with van der Waals surface area (Å²) in [5, 5.41) is 13.4. The molecule has 4 rings (SSSR count). The summed E-state index contributed by atoms with van der Waals surface area (Å²) in [4.78, 5) is 13.2. The van der Waals surface area contributed by atoms with E-state index < -0.39 is 37.7 Å². The molecule has 0 atom stereocenters. The van der Waals surface area contributed by atoms with Gasteiger partial charge in [-0.1, -0.05) is 6.07 Å². The van der Waals surface area contributed by atoms with E-state index in [-0.39, 0.29) is 16.8 Å². The second-order valence-corrected chi connectivity index (χ2v) is 12.3. The fourth-order valence-corrected chi connectivity index (χ4v) is 4.83. The molecule has 9 heteroatoms. The number of carbonyl (C=O) groups excluding carboxylic acids is 1. The summed E-state index contributed by atoms with van der Waals surface area (Å²) in [7, 11) is -3.86. The van der Waals surface area contributed by atoms with Crippen molar-refractivity contribution < 1.29 is 27.1 Å². The molecule has 3 aliphatic carbocycles. The quantitative estimate of drug-likeness (QED) is 0.642. The Morgan fingerprint density at radius 1 is 1.03 bits per heavy atom. The number of nitrogens with one attached hydrogen (secondary N) is 2. The van der Waals surface area contributed by atoms with Gasteiger partial charge < -0.3 is 10.4 Å². The fraction of sp³-hybridized carbons (Fsp3) is 0.667. The van der Waals surface area contributed by atoms with Crippen molar-refractivity contribution in [2.75, 3.05) is 4.72 Å². The SMILES string of the molecule is CC(F)(F)c1ccc(NS(=O)(=O)C(C)(C)C)c(C(=O)NC23CCC(O)(CC2)CC3)c1. The van der Waals surface area contributed by atoms with E-state index in [2.05, 4.69) is 10.0 Å². The Kier molecular flexibility index (Phi) is 5.47. The topological polar surface area (TPSA) is 95.5 Å². The molecule has 3 N–H and O–H groups in total. The highest BCUT2D eigenvalue weighted by Gasteiger charge is 2.48. The van der Waals surface area contributed by atoms with Crippen LogP contribution in [0.2, 0.25) is 0 Å². The lowest BCUT2D eigenvalue weighted by Gasteiger charge is -2.51. The first-order valence-electron chi connectivity index (χ1n) is 10.2. The molecule has 3 saturated carbocycles. The summed E-state index contributed by atoms with van der Waals surface area (Å²) in [6.45, 7) is 5.25. The van der Waals surface area contributed by atoms with Gasteiger partial charge in [0.05, 0.1) is 21.6 Å². The number of aliphatic hydroxyl groups is 1. The molecule has 0 unspecified atom stereocenters. The van der Waals surface area contributed by atoms with Crippen molar-refractivity contribution in [3.8, 4) is 0 Å². The monoisotopic (exact) mass is 444 g/mol. The summed E-state index contributed by atoms with van der Waals surface area (Å²) in [6, 6.07) is 3.38. The Hall–Kier alpha value is -1.74.